The van der Waals surface area contributed by atoms with E-state index >= 15 is 0 Å². The molecule has 11 nitrogen and oxygen atoms in total. The summed E-state index contributed by atoms with van der Waals surface area (Å²) in [5.41, 5.74) is 2.37. The molecule has 0 fully saturated rings. The van der Waals surface area contributed by atoms with E-state index in [4.69, 9.17) is 14.2 Å². The minimum atomic E-state index is -0.811. The molecule has 1 unspecified atom stereocenters. The van der Waals surface area contributed by atoms with E-state index in [1.807, 2.05) is 16.7 Å². The van der Waals surface area contributed by atoms with E-state index in [-0.39, 0.29) is 23.4 Å². The molecule has 1 aliphatic rings. The number of aromatic nitrogens is 2. The average Bonchev–Trinajstić information content (AvgIpc) is 3.55. The molecule has 1 atom stereocenters. The van der Waals surface area contributed by atoms with Crippen LogP contribution in [0.3, 0.4) is 0 Å². The number of nitrogens with zero attached hydrogens (tertiary/aromatic N) is 4. The lowest BCUT2D eigenvalue weighted by Gasteiger charge is -2.25. The number of non-ortho nitro benzene ring substituents is 1. The summed E-state index contributed by atoms with van der Waals surface area (Å²) >= 11 is 1.20. The molecule has 2 aromatic heterocycles. The summed E-state index contributed by atoms with van der Waals surface area (Å²) in [6.45, 7) is 3.60. The molecule has 3 heterocycles. The molecule has 0 aliphatic carbocycles. The lowest BCUT2D eigenvalue weighted by molar-refractivity contribution is -0.384. The number of esters is 1. The minimum absolute atomic E-state index is 0.0151. The molecule has 0 amide bonds. The number of allylic oxidation sites excluding steroid dienone is 1. The molecule has 0 bridgehead atoms. The summed E-state index contributed by atoms with van der Waals surface area (Å²) in [5.74, 6) is 0.398. The Bertz CT molecular complexity index is 1870. The number of hydrogen-bond acceptors (Lipinski definition) is 9. The van der Waals surface area contributed by atoms with Gasteiger partial charge in [0.25, 0.3) is 11.2 Å². The number of rotatable bonds is 8. The Morgan fingerprint density at radius 1 is 1.12 bits per heavy atom. The SMILES string of the molecule is CCOC(=O)C1=C(C)N=c2sc(=Cc3cccn3-c3ccc([N+](=O)[O-])cc3)c(=O)n2C1c1ccc(OC)c(OC)c1. The summed E-state index contributed by atoms with van der Waals surface area (Å²) < 4.78 is 20.0. The molecule has 5 rings (SSSR count). The fourth-order valence-corrected chi connectivity index (χ4v) is 5.78. The van der Waals surface area contributed by atoms with Crippen LogP contribution < -0.4 is 24.4 Å². The largest absolute Gasteiger partial charge is 0.493 e. The van der Waals surface area contributed by atoms with Gasteiger partial charge in [-0.25, -0.2) is 9.79 Å². The normalized spacial score (nSPS) is 14.8. The third-order valence-corrected chi connectivity index (χ3v) is 7.62. The molecule has 0 N–H and O–H groups in total. The van der Waals surface area contributed by atoms with Crippen molar-refractivity contribution in [3.63, 3.8) is 0 Å². The quantitative estimate of drug-likeness (QED) is 0.179. The zero-order valence-corrected chi connectivity index (χ0v) is 23.5. The zero-order chi connectivity index (χ0) is 29.3. The number of carbonyl (C=O) groups excluding carboxylic acids is 1. The van der Waals surface area contributed by atoms with Crippen LogP contribution in [0.15, 0.2) is 81.9 Å². The van der Waals surface area contributed by atoms with Gasteiger partial charge in [0.15, 0.2) is 16.3 Å². The number of nitro benzene ring substituents is 1. The highest BCUT2D eigenvalue weighted by molar-refractivity contribution is 7.07. The number of methoxy groups -OCH3 is 2. The fourth-order valence-electron chi connectivity index (χ4n) is 4.75. The second-order valence-corrected chi connectivity index (χ2v) is 10.0. The van der Waals surface area contributed by atoms with Crippen molar-refractivity contribution in [2.45, 2.75) is 19.9 Å². The van der Waals surface area contributed by atoms with Crippen molar-refractivity contribution in [1.82, 2.24) is 9.13 Å². The van der Waals surface area contributed by atoms with Gasteiger partial charge in [-0.2, -0.15) is 0 Å². The zero-order valence-electron chi connectivity index (χ0n) is 22.7. The van der Waals surface area contributed by atoms with Crippen molar-refractivity contribution >= 4 is 29.1 Å². The van der Waals surface area contributed by atoms with Crippen LogP contribution in [-0.4, -0.2) is 40.9 Å². The number of thiazole rings is 1. The molecule has 0 radical (unpaired) electrons. The maximum absolute atomic E-state index is 14.0. The summed E-state index contributed by atoms with van der Waals surface area (Å²) in [6.07, 6.45) is 3.54. The first kappa shape index (κ1) is 27.6. The van der Waals surface area contributed by atoms with Gasteiger partial charge in [-0.3, -0.25) is 19.5 Å². The highest BCUT2D eigenvalue weighted by atomic mass is 32.1. The minimum Gasteiger partial charge on any atom is -0.493 e. The first-order chi connectivity index (χ1) is 19.8. The van der Waals surface area contributed by atoms with Crippen molar-refractivity contribution in [3.8, 4) is 17.2 Å². The number of ether oxygens (including phenoxy) is 3. The molecule has 41 heavy (non-hydrogen) atoms. The van der Waals surface area contributed by atoms with Gasteiger partial charge in [-0.1, -0.05) is 17.4 Å². The lowest BCUT2D eigenvalue weighted by atomic mass is 9.95. The van der Waals surface area contributed by atoms with Crippen molar-refractivity contribution < 1.29 is 23.9 Å². The number of benzene rings is 2. The summed E-state index contributed by atoms with van der Waals surface area (Å²) in [7, 11) is 3.04. The van der Waals surface area contributed by atoms with Crippen molar-refractivity contribution in [3.05, 3.63) is 113 Å². The van der Waals surface area contributed by atoms with Crippen LogP contribution >= 0.6 is 11.3 Å². The predicted molar refractivity (Wildman–Crippen MR) is 152 cm³/mol. The topological polar surface area (TPSA) is 127 Å². The van der Waals surface area contributed by atoms with Crippen LogP contribution in [-0.2, 0) is 9.53 Å². The molecular weight excluding hydrogens is 548 g/mol. The van der Waals surface area contributed by atoms with Gasteiger partial charge in [-0.05, 0) is 61.9 Å². The van der Waals surface area contributed by atoms with E-state index in [0.29, 0.717) is 43.5 Å². The molecule has 4 aromatic rings. The molecule has 12 heteroatoms. The van der Waals surface area contributed by atoms with Gasteiger partial charge in [0, 0.05) is 29.7 Å². The van der Waals surface area contributed by atoms with Crippen molar-refractivity contribution in [2.24, 2.45) is 4.99 Å². The second kappa shape index (κ2) is 11.3. The molecule has 0 saturated heterocycles. The van der Waals surface area contributed by atoms with Crippen LogP contribution in [0.1, 0.15) is 31.1 Å². The van der Waals surface area contributed by atoms with Crippen molar-refractivity contribution in [2.75, 3.05) is 20.8 Å². The molecular formula is C29H26N4O7S. The summed E-state index contributed by atoms with van der Waals surface area (Å²) in [5, 5.41) is 11.1. The van der Waals surface area contributed by atoms with Gasteiger partial charge >= 0.3 is 5.97 Å². The molecule has 210 valence electrons. The fraction of sp³-hybridized carbons (Fsp3) is 0.207. The monoisotopic (exact) mass is 574 g/mol. The number of fused-ring (bicyclic) bond motifs is 1. The Morgan fingerprint density at radius 2 is 1.85 bits per heavy atom. The van der Waals surface area contributed by atoms with E-state index in [1.165, 1.54) is 42.3 Å². The van der Waals surface area contributed by atoms with Crippen LogP contribution in [0.5, 0.6) is 11.5 Å². The molecule has 0 spiro atoms. The first-order valence-electron chi connectivity index (χ1n) is 12.6. The van der Waals surface area contributed by atoms with Crippen molar-refractivity contribution in [1.29, 1.82) is 0 Å². The van der Waals surface area contributed by atoms with Gasteiger partial charge in [0.05, 0.1) is 47.6 Å². The van der Waals surface area contributed by atoms with Gasteiger partial charge in [0.2, 0.25) is 0 Å². The van der Waals surface area contributed by atoms with E-state index in [1.54, 1.807) is 56.5 Å². The van der Waals surface area contributed by atoms with Gasteiger partial charge in [0.1, 0.15) is 0 Å². The van der Waals surface area contributed by atoms with Gasteiger partial charge in [-0.15, -0.1) is 0 Å². The Labute approximate surface area is 238 Å². The van der Waals surface area contributed by atoms with Crippen LogP contribution in [0.2, 0.25) is 0 Å². The smallest absolute Gasteiger partial charge is 0.338 e. The van der Waals surface area contributed by atoms with Gasteiger partial charge < -0.3 is 18.8 Å². The second-order valence-electron chi connectivity index (χ2n) is 8.99. The highest BCUT2D eigenvalue weighted by Gasteiger charge is 2.34. The van der Waals surface area contributed by atoms with Crippen LogP contribution in [0.4, 0.5) is 5.69 Å². The molecule has 0 saturated carbocycles. The summed E-state index contributed by atoms with van der Waals surface area (Å²) in [6, 6.07) is 14.2. The molecule has 2 aromatic carbocycles. The first-order valence-corrected chi connectivity index (χ1v) is 13.4. The third-order valence-electron chi connectivity index (χ3n) is 6.64. The van der Waals surface area contributed by atoms with E-state index in [2.05, 4.69) is 4.99 Å². The maximum Gasteiger partial charge on any atom is 0.338 e. The predicted octanol–water partition coefficient (Wildman–Crippen LogP) is 3.51. The Kier molecular flexibility index (Phi) is 7.58. The number of carbonyl (C=O) groups is 1. The standard InChI is InChI=1S/C29H26N4O7S/c1-5-40-28(35)25-17(2)30-29-32(26(25)18-8-13-22(38-3)23(15-18)39-4)27(34)24(41-29)16-21-7-6-14-31(21)19-9-11-20(12-10-19)33(36)37/h6-16,26H,5H2,1-4H3. The van der Waals surface area contributed by atoms with Crippen LogP contribution in [0, 0.1) is 10.1 Å². The summed E-state index contributed by atoms with van der Waals surface area (Å²) in [4.78, 5) is 42.8. The van der Waals surface area contributed by atoms with E-state index in [0.717, 1.165) is 0 Å². The van der Waals surface area contributed by atoms with E-state index < -0.39 is 16.9 Å². The Balaban J connectivity index is 1.68. The van der Waals surface area contributed by atoms with E-state index in [9.17, 15) is 19.7 Å². The number of nitro groups is 1. The average molecular weight is 575 g/mol. The Morgan fingerprint density at radius 3 is 2.51 bits per heavy atom. The maximum atomic E-state index is 14.0. The molecule has 1 aliphatic heterocycles. The third kappa shape index (κ3) is 5.05. The Hall–Kier alpha value is -4.97. The van der Waals surface area contributed by atoms with Crippen LogP contribution in [0.25, 0.3) is 11.8 Å². The highest BCUT2D eigenvalue weighted by Crippen LogP contribution is 2.36. The number of hydrogen-bond donors (Lipinski definition) is 0. The lowest BCUT2D eigenvalue weighted by Crippen LogP contribution is -2.40.